The molecule has 3 atom stereocenters. The van der Waals surface area contributed by atoms with Crippen molar-refractivity contribution in [3.63, 3.8) is 0 Å². The molecule has 5 heteroatoms. The Balaban J connectivity index is 1.47. The molecule has 1 saturated carbocycles. The first kappa shape index (κ1) is 13.5. The van der Waals surface area contributed by atoms with Crippen molar-refractivity contribution < 1.29 is 18.7 Å². The first-order chi connectivity index (χ1) is 9.74. The van der Waals surface area contributed by atoms with E-state index in [2.05, 4.69) is 5.32 Å². The number of halogens is 1. The smallest absolute Gasteiger partial charge is 0.223 e. The predicted molar refractivity (Wildman–Crippen MR) is 70.8 cm³/mol. The van der Waals surface area contributed by atoms with Crippen LogP contribution in [-0.4, -0.2) is 38.4 Å². The van der Waals surface area contributed by atoms with Gasteiger partial charge in [0.25, 0.3) is 0 Å². The normalized spacial score (nSPS) is 28.9. The number of nitrogens with one attached hydrogen (secondary N) is 1. The van der Waals surface area contributed by atoms with Crippen LogP contribution < -0.4 is 5.32 Å². The molecule has 1 N–H and O–H groups in total. The molecular weight excluding hydrogens is 261 g/mol. The first-order valence-corrected chi connectivity index (χ1v) is 6.96. The third-order valence-corrected chi connectivity index (χ3v) is 3.79. The molecule has 1 heterocycles. The predicted octanol–water partition coefficient (Wildman–Crippen LogP) is 1.46. The molecule has 20 heavy (non-hydrogen) atoms. The van der Waals surface area contributed by atoms with Gasteiger partial charge in [0.1, 0.15) is 5.82 Å². The maximum atomic E-state index is 13.1. The summed E-state index contributed by atoms with van der Waals surface area (Å²) in [6, 6.07) is 6.49. The number of amides is 1. The molecule has 2 aliphatic rings. The molecule has 108 valence electrons. The van der Waals surface area contributed by atoms with Crippen molar-refractivity contribution in [3.05, 3.63) is 35.6 Å². The lowest BCUT2D eigenvalue weighted by molar-refractivity contribution is -0.125. The highest BCUT2D eigenvalue weighted by Gasteiger charge is 2.44. The van der Waals surface area contributed by atoms with Crippen LogP contribution in [-0.2, 0) is 14.3 Å². The van der Waals surface area contributed by atoms with Gasteiger partial charge in [0, 0.05) is 12.5 Å². The molecule has 0 bridgehead atoms. The van der Waals surface area contributed by atoms with Crippen LogP contribution in [0.1, 0.15) is 17.9 Å². The Hall–Kier alpha value is -1.46. The van der Waals surface area contributed by atoms with Crippen LogP contribution in [0.5, 0.6) is 0 Å². The summed E-state index contributed by atoms with van der Waals surface area (Å²) in [4.78, 5) is 12.0. The number of ether oxygens (including phenoxy) is 2. The van der Waals surface area contributed by atoms with Crippen molar-refractivity contribution in [2.75, 3.05) is 26.4 Å². The fraction of sp³-hybridized carbons (Fsp3) is 0.533. The zero-order valence-electron chi connectivity index (χ0n) is 11.2. The third kappa shape index (κ3) is 3.16. The van der Waals surface area contributed by atoms with E-state index in [9.17, 15) is 9.18 Å². The van der Waals surface area contributed by atoms with Crippen molar-refractivity contribution >= 4 is 5.91 Å². The molecule has 0 radical (unpaired) electrons. The zero-order chi connectivity index (χ0) is 13.9. The quantitative estimate of drug-likeness (QED) is 0.907. The summed E-state index contributed by atoms with van der Waals surface area (Å²) in [5.41, 5.74) is 0.905. The minimum Gasteiger partial charge on any atom is -0.376 e. The Bertz CT molecular complexity index is 488. The Morgan fingerprint density at radius 2 is 2.30 bits per heavy atom. The summed E-state index contributed by atoms with van der Waals surface area (Å²) < 4.78 is 23.9. The van der Waals surface area contributed by atoms with E-state index in [1.807, 2.05) is 6.07 Å². The van der Waals surface area contributed by atoms with Gasteiger partial charge in [-0.25, -0.2) is 4.39 Å². The van der Waals surface area contributed by atoms with Crippen molar-refractivity contribution in [1.29, 1.82) is 0 Å². The van der Waals surface area contributed by atoms with Gasteiger partial charge in [-0.05, 0) is 30.0 Å². The standard InChI is InChI=1S/C15H18FNO3/c16-11-3-1-2-10(6-11)13-7-14(13)15(18)17-8-12-9-19-4-5-20-12/h1-3,6,12-14H,4-5,7-9H2,(H,17,18)/t12-,13-,14-/m1/s1. The third-order valence-electron chi connectivity index (χ3n) is 3.79. The van der Waals surface area contributed by atoms with Gasteiger partial charge in [-0.3, -0.25) is 4.79 Å². The average Bonchev–Trinajstić information content (AvgIpc) is 3.26. The van der Waals surface area contributed by atoms with Gasteiger partial charge in [-0.1, -0.05) is 12.1 Å². The summed E-state index contributed by atoms with van der Waals surface area (Å²) in [5.74, 6) is -0.120. The zero-order valence-corrected chi connectivity index (χ0v) is 11.2. The maximum absolute atomic E-state index is 13.1. The van der Waals surface area contributed by atoms with Crippen LogP contribution in [0.2, 0.25) is 0 Å². The molecule has 4 nitrogen and oxygen atoms in total. The molecule has 1 aromatic rings. The summed E-state index contributed by atoms with van der Waals surface area (Å²) in [6.07, 6.45) is 0.733. The average molecular weight is 279 g/mol. The highest BCUT2D eigenvalue weighted by molar-refractivity contribution is 5.82. The number of carbonyl (C=O) groups excluding carboxylic acids is 1. The molecule has 1 saturated heterocycles. The van der Waals surface area contributed by atoms with Crippen LogP contribution in [0.25, 0.3) is 0 Å². The highest BCUT2D eigenvalue weighted by atomic mass is 19.1. The number of benzene rings is 1. The van der Waals surface area contributed by atoms with Crippen LogP contribution >= 0.6 is 0 Å². The summed E-state index contributed by atoms with van der Waals surface area (Å²) in [5, 5.41) is 2.89. The van der Waals surface area contributed by atoms with Crippen molar-refractivity contribution in [2.45, 2.75) is 18.4 Å². The highest BCUT2D eigenvalue weighted by Crippen LogP contribution is 2.47. The fourth-order valence-electron chi connectivity index (χ4n) is 2.59. The monoisotopic (exact) mass is 279 g/mol. The van der Waals surface area contributed by atoms with Crippen molar-refractivity contribution in [2.24, 2.45) is 5.92 Å². The van der Waals surface area contributed by atoms with Gasteiger partial charge in [0.15, 0.2) is 0 Å². The second-order valence-corrected chi connectivity index (χ2v) is 5.32. The van der Waals surface area contributed by atoms with E-state index in [0.717, 1.165) is 12.0 Å². The summed E-state index contributed by atoms with van der Waals surface area (Å²) in [7, 11) is 0. The van der Waals surface area contributed by atoms with Crippen LogP contribution in [0, 0.1) is 11.7 Å². The van der Waals surface area contributed by atoms with Crippen LogP contribution in [0.4, 0.5) is 4.39 Å². The van der Waals surface area contributed by atoms with E-state index in [-0.39, 0.29) is 29.7 Å². The van der Waals surface area contributed by atoms with Gasteiger partial charge in [-0.15, -0.1) is 0 Å². The summed E-state index contributed by atoms with van der Waals surface area (Å²) in [6.45, 7) is 2.20. The minimum absolute atomic E-state index is 0.0217. The Kier molecular flexibility index (Phi) is 3.98. The van der Waals surface area contributed by atoms with Gasteiger partial charge in [0.2, 0.25) is 5.91 Å². The van der Waals surface area contributed by atoms with E-state index in [4.69, 9.17) is 9.47 Å². The van der Waals surface area contributed by atoms with Gasteiger partial charge in [-0.2, -0.15) is 0 Å². The van der Waals surface area contributed by atoms with E-state index in [0.29, 0.717) is 26.4 Å². The van der Waals surface area contributed by atoms with Crippen molar-refractivity contribution in [3.8, 4) is 0 Å². The lowest BCUT2D eigenvalue weighted by atomic mass is 10.1. The van der Waals surface area contributed by atoms with E-state index in [1.54, 1.807) is 6.07 Å². The van der Waals surface area contributed by atoms with E-state index in [1.165, 1.54) is 12.1 Å². The van der Waals surface area contributed by atoms with Crippen LogP contribution in [0.15, 0.2) is 24.3 Å². The maximum Gasteiger partial charge on any atom is 0.223 e. The molecule has 0 unspecified atom stereocenters. The number of hydrogen-bond acceptors (Lipinski definition) is 3. The molecule has 1 aliphatic carbocycles. The largest absolute Gasteiger partial charge is 0.376 e. The lowest BCUT2D eigenvalue weighted by Crippen LogP contribution is -2.40. The number of rotatable bonds is 4. The Labute approximate surface area is 117 Å². The van der Waals surface area contributed by atoms with Crippen molar-refractivity contribution in [1.82, 2.24) is 5.32 Å². The van der Waals surface area contributed by atoms with Crippen LogP contribution in [0.3, 0.4) is 0 Å². The topological polar surface area (TPSA) is 47.6 Å². The summed E-state index contributed by atoms with van der Waals surface area (Å²) >= 11 is 0. The molecular formula is C15H18FNO3. The minimum atomic E-state index is -0.249. The number of carbonyl (C=O) groups is 1. The number of hydrogen-bond donors (Lipinski definition) is 1. The molecule has 1 aliphatic heterocycles. The fourth-order valence-corrected chi connectivity index (χ4v) is 2.59. The first-order valence-electron chi connectivity index (χ1n) is 6.96. The molecule has 0 aromatic heterocycles. The Morgan fingerprint density at radius 3 is 3.05 bits per heavy atom. The second-order valence-electron chi connectivity index (χ2n) is 5.32. The molecule has 1 amide bonds. The second kappa shape index (κ2) is 5.89. The van der Waals surface area contributed by atoms with Gasteiger partial charge >= 0.3 is 0 Å². The SMILES string of the molecule is O=C(NC[C@@H]1COCCO1)[C@@H]1C[C@@H]1c1cccc(F)c1. The lowest BCUT2D eigenvalue weighted by Gasteiger charge is -2.23. The van der Waals surface area contributed by atoms with Gasteiger partial charge < -0.3 is 14.8 Å². The molecule has 1 aromatic carbocycles. The van der Waals surface area contributed by atoms with E-state index < -0.39 is 0 Å². The van der Waals surface area contributed by atoms with Gasteiger partial charge in [0.05, 0.1) is 25.9 Å². The Morgan fingerprint density at radius 1 is 1.40 bits per heavy atom. The molecule has 0 spiro atoms. The molecule has 2 fully saturated rings. The molecule has 3 rings (SSSR count). The van der Waals surface area contributed by atoms with E-state index >= 15 is 0 Å².